The highest BCUT2D eigenvalue weighted by atomic mass is 16.7. The van der Waals surface area contributed by atoms with Gasteiger partial charge in [-0.25, -0.2) is 0 Å². The van der Waals surface area contributed by atoms with Crippen molar-refractivity contribution in [2.24, 2.45) is 0 Å². The Balaban J connectivity index is 1.62. The predicted molar refractivity (Wildman–Crippen MR) is 179 cm³/mol. The van der Waals surface area contributed by atoms with Crippen LogP contribution in [0.3, 0.4) is 0 Å². The Morgan fingerprint density at radius 1 is 0.848 bits per heavy atom. The normalized spacial score (nSPS) is 13.9. The van der Waals surface area contributed by atoms with Crippen LogP contribution in [-0.4, -0.2) is 108 Å². The molecule has 1 aliphatic heterocycles. The lowest BCUT2D eigenvalue weighted by Crippen LogP contribution is -2.41. The Morgan fingerprint density at radius 2 is 1.43 bits per heavy atom. The van der Waals surface area contributed by atoms with E-state index in [1.807, 2.05) is 36.4 Å². The quantitative estimate of drug-likeness (QED) is 0.182. The highest BCUT2D eigenvalue weighted by Gasteiger charge is 2.30. The van der Waals surface area contributed by atoms with Crippen LogP contribution in [0.5, 0.6) is 11.5 Å². The van der Waals surface area contributed by atoms with Gasteiger partial charge in [0.25, 0.3) is 5.91 Å². The maximum atomic E-state index is 14.4. The fourth-order valence-corrected chi connectivity index (χ4v) is 5.93. The van der Waals surface area contributed by atoms with Crippen molar-refractivity contribution < 1.29 is 28.5 Å². The lowest BCUT2D eigenvalue weighted by Gasteiger charge is -2.26. The standard InChI is InChI=1S/C36H46N4O6/c1-38(2)19-20-40-32-8-6-5-7-31(32)34(35(40)36(41)37-17-18-39-21-23-44-24-22-39)33(27-9-13-29(14-10-27)45-25-42-3)28-11-15-30(16-12-28)46-26-43-4/h5-16,33H,17-26H2,1-4H3,(H,37,41). The van der Waals surface area contributed by atoms with Gasteiger partial charge in [-0.05, 0) is 55.6 Å². The van der Waals surface area contributed by atoms with Gasteiger partial charge in [0, 0.05) is 75.9 Å². The SMILES string of the molecule is COCOc1ccc(C(c2ccc(OCOC)cc2)c2c(C(=O)NCCN3CCOCC3)n(CCN(C)C)c3ccccc23)cc1. The molecule has 10 nitrogen and oxygen atoms in total. The molecule has 0 aliphatic carbocycles. The highest BCUT2D eigenvalue weighted by Crippen LogP contribution is 2.41. The summed E-state index contributed by atoms with van der Waals surface area (Å²) in [6.45, 7) is 6.31. The second-order valence-electron chi connectivity index (χ2n) is 11.6. The second kappa shape index (κ2) is 16.6. The van der Waals surface area contributed by atoms with Gasteiger partial charge in [0.05, 0.1) is 13.2 Å². The summed E-state index contributed by atoms with van der Waals surface area (Å²) < 4.78 is 29.3. The summed E-state index contributed by atoms with van der Waals surface area (Å²) in [5.41, 5.74) is 4.74. The van der Waals surface area contributed by atoms with E-state index in [4.69, 9.17) is 23.7 Å². The molecule has 1 aromatic heterocycles. The number of nitrogens with one attached hydrogen (secondary N) is 1. The Bertz CT molecular complexity index is 1480. The molecule has 1 saturated heterocycles. The molecule has 5 rings (SSSR count). The molecule has 246 valence electrons. The zero-order valence-corrected chi connectivity index (χ0v) is 27.4. The molecule has 1 N–H and O–H groups in total. The average Bonchev–Trinajstić information content (AvgIpc) is 3.41. The van der Waals surface area contributed by atoms with E-state index in [0.29, 0.717) is 30.3 Å². The van der Waals surface area contributed by atoms with E-state index < -0.39 is 0 Å². The second-order valence-corrected chi connectivity index (χ2v) is 11.6. The fourth-order valence-electron chi connectivity index (χ4n) is 5.93. The minimum Gasteiger partial charge on any atom is -0.468 e. The number of carbonyl (C=O) groups is 1. The van der Waals surface area contributed by atoms with Gasteiger partial charge in [-0.1, -0.05) is 42.5 Å². The topological polar surface area (TPSA) is 86.7 Å². The van der Waals surface area contributed by atoms with Gasteiger partial charge >= 0.3 is 0 Å². The Labute approximate surface area is 271 Å². The molecule has 0 bridgehead atoms. The van der Waals surface area contributed by atoms with Crippen LogP contribution in [0.25, 0.3) is 10.9 Å². The smallest absolute Gasteiger partial charge is 0.268 e. The number of methoxy groups -OCH3 is 2. The van der Waals surface area contributed by atoms with Crippen LogP contribution in [0, 0.1) is 0 Å². The Kier molecular flexibility index (Phi) is 12.0. The fraction of sp³-hybridized carbons (Fsp3) is 0.417. The number of hydrogen-bond acceptors (Lipinski definition) is 8. The minimum absolute atomic E-state index is 0.0803. The summed E-state index contributed by atoms with van der Waals surface area (Å²) in [4.78, 5) is 18.9. The van der Waals surface area contributed by atoms with Gasteiger partial charge in [-0.15, -0.1) is 0 Å². The number of aromatic nitrogens is 1. The van der Waals surface area contributed by atoms with Crippen LogP contribution >= 0.6 is 0 Å². The van der Waals surface area contributed by atoms with E-state index in [9.17, 15) is 4.79 Å². The van der Waals surface area contributed by atoms with Crippen LogP contribution in [0.1, 0.15) is 33.1 Å². The van der Waals surface area contributed by atoms with E-state index in [-0.39, 0.29) is 25.4 Å². The number of likely N-dealkylation sites (N-methyl/N-ethyl adjacent to an activating group) is 1. The number of amides is 1. The first-order valence-corrected chi connectivity index (χ1v) is 15.8. The molecule has 0 saturated carbocycles. The van der Waals surface area contributed by atoms with Crippen LogP contribution in [0.15, 0.2) is 72.8 Å². The van der Waals surface area contributed by atoms with Crippen molar-refractivity contribution in [3.8, 4) is 11.5 Å². The number of morpholine rings is 1. The lowest BCUT2D eigenvalue weighted by atomic mass is 9.83. The number of ether oxygens (including phenoxy) is 5. The Hall–Kier alpha value is -3.93. The molecule has 2 heterocycles. The molecular formula is C36H46N4O6. The van der Waals surface area contributed by atoms with Gasteiger partial charge in [0.15, 0.2) is 13.6 Å². The van der Waals surface area contributed by atoms with Gasteiger partial charge in [-0.2, -0.15) is 0 Å². The minimum atomic E-state index is -0.251. The van der Waals surface area contributed by atoms with Crippen LogP contribution in [0.2, 0.25) is 0 Å². The molecule has 10 heteroatoms. The van der Waals surface area contributed by atoms with E-state index in [2.05, 4.69) is 70.2 Å². The number of benzene rings is 3. The summed E-state index contributed by atoms with van der Waals surface area (Å²) in [6.07, 6.45) is 0. The predicted octanol–water partition coefficient (Wildman–Crippen LogP) is 4.41. The van der Waals surface area contributed by atoms with Gasteiger partial charge in [0.2, 0.25) is 0 Å². The van der Waals surface area contributed by atoms with Gasteiger partial charge in [-0.3, -0.25) is 9.69 Å². The van der Waals surface area contributed by atoms with Crippen LogP contribution < -0.4 is 14.8 Å². The third-order valence-electron chi connectivity index (χ3n) is 8.22. The zero-order valence-electron chi connectivity index (χ0n) is 27.4. The molecule has 1 amide bonds. The molecule has 0 spiro atoms. The third kappa shape index (κ3) is 8.26. The molecular weight excluding hydrogens is 584 g/mol. The summed E-state index contributed by atoms with van der Waals surface area (Å²) in [7, 11) is 7.31. The van der Waals surface area contributed by atoms with E-state index in [1.54, 1.807) is 14.2 Å². The Morgan fingerprint density at radius 3 is 2.00 bits per heavy atom. The van der Waals surface area contributed by atoms with Crippen LogP contribution in [0.4, 0.5) is 0 Å². The summed E-state index contributed by atoms with van der Waals surface area (Å²) in [5, 5.41) is 4.32. The molecule has 0 radical (unpaired) electrons. The van der Waals surface area contributed by atoms with Crippen molar-refractivity contribution in [3.63, 3.8) is 0 Å². The maximum absolute atomic E-state index is 14.4. The average molecular weight is 631 g/mol. The van der Waals surface area contributed by atoms with E-state index >= 15 is 0 Å². The largest absolute Gasteiger partial charge is 0.468 e. The van der Waals surface area contributed by atoms with Crippen molar-refractivity contribution in [3.05, 3.63) is 95.2 Å². The molecule has 0 unspecified atom stereocenters. The zero-order chi connectivity index (χ0) is 32.3. The number of carbonyl (C=O) groups excluding carboxylic acids is 1. The maximum Gasteiger partial charge on any atom is 0.268 e. The molecule has 1 fully saturated rings. The first-order valence-electron chi connectivity index (χ1n) is 15.8. The number of fused-ring (bicyclic) bond motifs is 1. The van der Waals surface area contributed by atoms with Crippen molar-refractivity contribution in [1.82, 2.24) is 19.7 Å². The third-order valence-corrected chi connectivity index (χ3v) is 8.22. The van der Waals surface area contributed by atoms with E-state index in [1.165, 1.54) is 0 Å². The van der Waals surface area contributed by atoms with Crippen LogP contribution in [-0.2, 0) is 20.8 Å². The summed E-state index contributed by atoms with van der Waals surface area (Å²) in [5.74, 6) is 1.09. The number of rotatable bonds is 16. The molecule has 4 aromatic rings. The summed E-state index contributed by atoms with van der Waals surface area (Å²) >= 11 is 0. The van der Waals surface area contributed by atoms with Crippen molar-refractivity contribution >= 4 is 16.8 Å². The van der Waals surface area contributed by atoms with Gasteiger partial charge in [0.1, 0.15) is 17.2 Å². The van der Waals surface area contributed by atoms with Crippen molar-refractivity contribution in [2.75, 3.05) is 87.8 Å². The first kappa shape index (κ1) is 33.4. The monoisotopic (exact) mass is 630 g/mol. The molecule has 3 aromatic carbocycles. The molecule has 46 heavy (non-hydrogen) atoms. The van der Waals surface area contributed by atoms with Gasteiger partial charge < -0.3 is 38.5 Å². The number of hydrogen-bond donors (Lipinski definition) is 1. The number of para-hydroxylation sites is 1. The molecule has 0 atom stereocenters. The summed E-state index contributed by atoms with van der Waals surface area (Å²) in [6, 6.07) is 24.4. The van der Waals surface area contributed by atoms with Crippen molar-refractivity contribution in [2.45, 2.75) is 12.5 Å². The lowest BCUT2D eigenvalue weighted by molar-refractivity contribution is 0.0383. The number of nitrogens with zero attached hydrogens (tertiary/aromatic N) is 3. The first-order chi connectivity index (χ1) is 22.5. The van der Waals surface area contributed by atoms with E-state index in [0.717, 1.165) is 67.0 Å². The van der Waals surface area contributed by atoms with Crippen molar-refractivity contribution in [1.29, 1.82) is 0 Å². The highest BCUT2D eigenvalue weighted by molar-refractivity contribution is 6.03. The molecule has 1 aliphatic rings.